The molecule has 0 amide bonds. The molecular weight excluding hydrogens is 259 g/mol. The van der Waals surface area contributed by atoms with Crippen LogP contribution in [0.4, 0.5) is 16.2 Å². The molecule has 0 aliphatic heterocycles. The van der Waals surface area contributed by atoms with E-state index in [2.05, 4.69) is 15.3 Å². The number of anilines is 2. The zero-order valence-corrected chi connectivity index (χ0v) is 11.5. The van der Waals surface area contributed by atoms with E-state index in [-0.39, 0.29) is 11.8 Å². The Morgan fingerprint density at radius 3 is 2.80 bits per heavy atom. The lowest BCUT2D eigenvalue weighted by Gasteiger charge is -2.09. The standard InChI is InChI=1S/C14H17FN4O/c1-9-7-11(15)4-3-10(9)5-6-17-12-8-13(20-2)19-14(16)18-12/h3-4,7-8H,5-6H2,1-2H3,(H3,16,17,18,19). The predicted molar refractivity (Wildman–Crippen MR) is 76.3 cm³/mol. The van der Waals surface area contributed by atoms with E-state index in [9.17, 15) is 4.39 Å². The minimum absolute atomic E-state index is 0.157. The summed E-state index contributed by atoms with van der Waals surface area (Å²) in [5.74, 6) is 0.962. The van der Waals surface area contributed by atoms with E-state index in [1.165, 1.54) is 19.2 Å². The Labute approximate surface area is 117 Å². The Morgan fingerprint density at radius 1 is 1.30 bits per heavy atom. The number of benzene rings is 1. The number of nitrogens with two attached hydrogens (primary N) is 1. The number of rotatable bonds is 5. The molecule has 0 aliphatic carbocycles. The highest BCUT2D eigenvalue weighted by molar-refractivity contribution is 5.43. The van der Waals surface area contributed by atoms with Crippen molar-refractivity contribution in [1.29, 1.82) is 0 Å². The average molecular weight is 276 g/mol. The minimum Gasteiger partial charge on any atom is -0.481 e. The van der Waals surface area contributed by atoms with Gasteiger partial charge >= 0.3 is 0 Å². The van der Waals surface area contributed by atoms with E-state index in [4.69, 9.17) is 10.5 Å². The smallest absolute Gasteiger partial charge is 0.225 e. The lowest BCUT2D eigenvalue weighted by molar-refractivity contribution is 0.398. The second-order valence-electron chi connectivity index (χ2n) is 4.40. The van der Waals surface area contributed by atoms with Crippen LogP contribution < -0.4 is 15.8 Å². The van der Waals surface area contributed by atoms with Crippen LogP contribution in [0.1, 0.15) is 11.1 Å². The van der Waals surface area contributed by atoms with Gasteiger partial charge in [0.15, 0.2) is 0 Å². The molecule has 20 heavy (non-hydrogen) atoms. The van der Waals surface area contributed by atoms with E-state index in [0.717, 1.165) is 17.5 Å². The number of nitrogen functional groups attached to an aromatic ring is 1. The minimum atomic E-state index is -0.215. The monoisotopic (exact) mass is 276 g/mol. The maximum absolute atomic E-state index is 13.0. The highest BCUT2D eigenvalue weighted by Gasteiger charge is 2.03. The van der Waals surface area contributed by atoms with Crippen molar-refractivity contribution in [3.63, 3.8) is 0 Å². The van der Waals surface area contributed by atoms with Crippen molar-refractivity contribution in [3.8, 4) is 5.88 Å². The number of halogens is 1. The zero-order chi connectivity index (χ0) is 14.5. The molecule has 1 aromatic carbocycles. The van der Waals surface area contributed by atoms with Gasteiger partial charge in [0.25, 0.3) is 0 Å². The number of nitrogens with one attached hydrogen (secondary N) is 1. The molecule has 0 fully saturated rings. The molecule has 2 rings (SSSR count). The molecule has 5 nitrogen and oxygen atoms in total. The fourth-order valence-electron chi connectivity index (χ4n) is 1.90. The van der Waals surface area contributed by atoms with Crippen LogP contribution in [0, 0.1) is 12.7 Å². The lowest BCUT2D eigenvalue weighted by atomic mass is 10.1. The normalized spacial score (nSPS) is 10.3. The first-order valence-electron chi connectivity index (χ1n) is 6.26. The molecular formula is C14H17FN4O. The highest BCUT2D eigenvalue weighted by Crippen LogP contribution is 2.15. The summed E-state index contributed by atoms with van der Waals surface area (Å²) in [5.41, 5.74) is 7.60. The summed E-state index contributed by atoms with van der Waals surface area (Å²) in [6, 6.07) is 6.46. The van der Waals surface area contributed by atoms with Gasteiger partial charge in [0.05, 0.1) is 7.11 Å². The molecule has 0 unspecified atom stereocenters. The number of hydrogen-bond donors (Lipinski definition) is 2. The van der Waals surface area contributed by atoms with Crippen LogP contribution in [-0.4, -0.2) is 23.6 Å². The summed E-state index contributed by atoms with van der Waals surface area (Å²) < 4.78 is 18.0. The third kappa shape index (κ3) is 3.57. The van der Waals surface area contributed by atoms with Gasteiger partial charge in [-0.2, -0.15) is 9.97 Å². The van der Waals surface area contributed by atoms with Crippen LogP contribution in [0.25, 0.3) is 0 Å². The first kappa shape index (κ1) is 14.0. The molecule has 0 aliphatic rings. The maximum atomic E-state index is 13.0. The Kier molecular flexibility index (Phi) is 4.34. The van der Waals surface area contributed by atoms with Gasteiger partial charge in [-0.1, -0.05) is 6.07 Å². The third-order valence-corrected chi connectivity index (χ3v) is 2.93. The number of nitrogens with zero attached hydrogens (tertiary/aromatic N) is 2. The summed E-state index contributed by atoms with van der Waals surface area (Å²) in [5, 5.41) is 3.15. The number of hydrogen-bond acceptors (Lipinski definition) is 5. The number of aryl methyl sites for hydroxylation is 1. The molecule has 6 heteroatoms. The first-order valence-corrected chi connectivity index (χ1v) is 6.26. The molecule has 1 heterocycles. The zero-order valence-electron chi connectivity index (χ0n) is 11.5. The average Bonchev–Trinajstić information content (AvgIpc) is 2.40. The summed E-state index contributed by atoms with van der Waals surface area (Å²) in [6.07, 6.45) is 0.762. The second kappa shape index (κ2) is 6.18. The molecule has 0 saturated carbocycles. The highest BCUT2D eigenvalue weighted by atomic mass is 19.1. The van der Waals surface area contributed by atoms with Crippen LogP contribution in [0.2, 0.25) is 0 Å². The number of aromatic nitrogens is 2. The molecule has 0 atom stereocenters. The van der Waals surface area contributed by atoms with Crippen LogP contribution >= 0.6 is 0 Å². The molecule has 0 spiro atoms. The van der Waals surface area contributed by atoms with Gasteiger partial charge in [-0.15, -0.1) is 0 Å². The summed E-state index contributed by atoms with van der Waals surface area (Å²) in [4.78, 5) is 7.97. The Bertz CT molecular complexity index is 604. The van der Waals surface area contributed by atoms with Crippen molar-refractivity contribution in [1.82, 2.24) is 9.97 Å². The van der Waals surface area contributed by atoms with Crippen LogP contribution in [0.5, 0.6) is 5.88 Å². The van der Waals surface area contributed by atoms with Gasteiger partial charge < -0.3 is 15.8 Å². The maximum Gasteiger partial charge on any atom is 0.225 e. The van der Waals surface area contributed by atoms with Crippen molar-refractivity contribution in [2.75, 3.05) is 24.7 Å². The van der Waals surface area contributed by atoms with Crippen molar-refractivity contribution in [2.24, 2.45) is 0 Å². The topological polar surface area (TPSA) is 73.1 Å². The third-order valence-electron chi connectivity index (χ3n) is 2.93. The summed E-state index contributed by atoms with van der Waals surface area (Å²) in [6.45, 7) is 2.55. The molecule has 2 aromatic rings. The van der Waals surface area contributed by atoms with E-state index >= 15 is 0 Å². The van der Waals surface area contributed by atoms with Crippen molar-refractivity contribution >= 4 is 11.8 Å². The first-order chi connectivity index (χ1) is 9.58. The van der Waals surface area contributed by atoms with Crippen LogP contribution in [-0.2, 0) is 6.42 Å². The van der Waals surface area contributed by atoms with Gasteiger partial charge in [0.2, 0.25) is 11.8 Å². The van der Waals surface area contributed by atoms with Crippen molar-refractivity contribution in [2.45, 2.75) is 13.3 Å². The number of ether oxygens (including phenoxy) is 1. The Morgan fingerprint density at radius 2 is 2.10 bits per heavy atom. The summed E-state index contributed by atoms with van der Waals surface area (Å²) >= 11 is 0. The van der Waals surface area contributed by atoms with Gasteiger partial charge in [0.1, 0.15) is 11.6 Å². The molecule has 0 saturated heterocycles. The predicted octanol–water partition coefficient (Wildman–Crippen LogP) is 2.17. The lowest BCUT2D eigenvalue weighted by Crippen LogP contribution is -2.09. The molecule has 0 bridgehead atoms. The quantitative estimate of drug-likeness (QED) is 0.875. The SMILES string of the molecule is COc1cc(NCCc2ccc(F)cc2C)nc(N)n1. The molecule has 0 radical (unpaired) electrons. The van der Waals surface area contributed by atoms with Gasteiger partial charge in [0, 0.05) is 12.6 Å². The largest absolute Gasteiger partial charge is 0.481 e. The fraction of sp³-hybridized carbons (Fsp3) is 0.286. The van der Waals surface area contributed by atoms with Gasteiger partial charge in [-0.05, 0) is 36.6 Å². The number of methoxy groups -OCH3 is 1. The fourth-order valence-corrected chi connectivity index (χ4v) is 1.90. The van der Waals surface area contributed by atoms with Gasteiger partial charge in [-0.3, -0.25) is 0 Å². The Hall–Kier alpha value is -2.37. The molecule has 1 aromatic heterocycles. The molecule has 3 N–H and O–H groups in total. The van der Waals surface area contributed by atoms with E-state index in [1.807, 2.05) is 6.92 Å². The molecule has 106 valence electrons. The Balaban J connectivity index is 1.97. The van der Waals surface area contributed by atoms with Crippen LogP contribution in [0.15, 0.2) is 24.3 Å². The van der Waals surface area contributed by atoms with Crippen molar-refractivity contribution in [3.05, 3.63) is 41.2 Å². The van der Waals surface area contributed by atoms with Gasteiger partial charge in [-0.25, -0.2) is 4.39 Å². The van der Waals surface area contributed by atoms with E-state index < -0.39 is 0 Å². The van der Waals surface area contributed by atoms with Crippen LogP contribution in [0.3, 0.4) is 0 Å². The van der Waals surface area contributed by atoms with E-state index in [0.29, 0.717) is 18.2 Å². The second-order valence-corrected chi connectivity index (χ2v) is 4.40. The van der Waals surface area contributed by atoms with Crippen molar-refractivity contribution < 1.29 is 9.13 Å². The summed E-state index contributed by atoms with van der Waals surface area (Å²) in [7, 11) is 1.52. The van der Waals surface area contributed by atoms with E-state index in [1.54, 1.807) is 12.1 Å².